The molecule has 0 aliphatic carbocycles. The van der Waals surface area contributed by atoms with E-state index in [1.807, 2.05) is 51.1 Å². The lowest BCUT2D eigenvalue weighted by Crippen LogP contribution is -2.28. The molecule has 2 N–H and O–H groups in total. The minimum absolute atomic E-state index is 0.0207. The van der Waals surface area contributed by atoms with Crippen LogP contribution >= 0.6 is 0 Å². The molecule has 30 heavy (non-hydrogen) atoms. The van der Waals surface area contributed by atoms with Crippen LogP contribution in [0.3, 0.4) is 0 Å². The molecule has 0 amide bonds. The Balaban J connectivity index is 1.77. The molecule has 154 valence electrons. The minimum atomic E-state index is -0.122. The van der Waals surface area contributed by atoms with Gasteiger partial charge >= 0.3 is 0 Å². The van der Waals surface area contributed by atoms with Gasteiger partial charge in [0.05, 0.1) is 29.4 Å². The van der Waals surface area contributed by atoms with E-state index in [-0.39, 0.29) is 18.7 Å². The molecular weight excluding hydrogens is 380 g/mol. The number of aromatic nitrogens is 3. The van der Waals surface area contributed by atoms with Gasteiger partial charge in [0.1, 0.15) is 17.9 Å². The number of nitrogens with zero attached hydrogens (tertiary/aromatic N) is 3. The van der Waals surface area contributed by atoms with Crippen molar-refractivity contribution in [1.29, 1.82) is 0 Å². The fourth-order valence-corrected chi connectivity index (χ4v) is 4.20. The average Bonchev–Trinajstić information content (AvgIpc) is 3.30. The molecule has 0 fully saturated rings. The van der Waals surface area contributed by atoms with Gasteiger partial charge in [-0.25, -0.2) is 4.98 Å². The van der Waals surface area contributed by atoms with Gasteiger partial charge < -0.3 is 19.7 Å². The van der Waals surface area contributed by atoms with Crippen molar-refractivity contribution < 1.29 is 14.4 Å². The Kier molecular flexibility index (Phi) is 4.47. The van der Waals surface area contributed by atoms with Gasteiger partial charge in [-0.1, -0.05) is 35.5 Å². The minimum Gasteiger partial charge on any atom is -0.488 e. The number of rotatable bonds is 5. The molecule has 1 aliphatic heterocycles. The zero-order valence-electron chi connectivity index (χ0n) is 17.2. The van der Waals surface area contributed by atoms with Crippen LogP contribution in [0.25, 0.3) is 22.2 Å². The van der Waals surface area contributed by atoms with Crippen molar-refractivity contribution in [1.82, 2.24) is 14.7 Å². The van der Waals surface area contributed by atoms with Crippen molar-refractivity contribution in [3.8, 4) is 16.9 Å². The van der Waals surface area contributed by atoms with Crippen LogP contribution in [0.5, 0.6) is 5.75 Å². The largest absolute Gasteiger partial charge is 0.488 e. The number of aliphatic hydroxyl groups is 1. The summed E-state index contributed by atoms with van der Waals surface area (Å²) in [6, 6.07) is 14.1. The number of aliphatic hydroxyl groups excluding tert-OH is 1. The zero-order valence-corrected chi connectivity index (χ0v) is 17.2. The number of benzene rings is 2. The summed E-state index contributed by atoms with van der Waals surface area (Å²) in [4.78, 5) is 4.84. The highest BCUT2D eigenvalue weighted by atomic mass is 16.5. The van der Waals surface area contributed by atoms with E-state index in [1.165, 1.54) is 0 Å². The highest BCUT2D eigenvalue weighted by molar-refractivity contribution is 5.94. The second kappa shape index (κ2) is 7.18. The standard InChI is InChI=1S/C23H24N4O3/c1-13(11-28)24-23-25-18-10-9-17(20-14(2)26-30-15(20)3)22-21(18)27(23)19(12-29-22)16-7-5-4-6-8-16/h4-10,13,19,28H,11-12H2,1-3H3,(H,24,25)/t13?,19-/m0/s1. The number of ether oxygens (including phenoxy) is 1. The third-order valence-electron chi connectivity index (χ3n) is 5.64. The lowest BCUT2D eigenvalue weighted by atomic mass is 10.00. The normalized spacial score (nSPS) is 16.5. The van der Waals surface area contributed by atoms with Gasteiger partial charge in [0.2, 0.25) is 5.95 Å². The van der Waals surface area contributed by atoms with E-state index in [0.717, 1.165) is 50.9 Å². The fourth-order valence-electron chi connectivity index (χ4n) is 4.20. The number of hydrogen-bond acceptors (Lipinski definition) is 6. The molecule has 0 saturated carbocycles. The van der Waals surface area contributed by atoms with Gasteiger partial charge in [0, 0.05) is 11.6 Å². The number of aryl methyl sites for hydroxylation is 2. The highest BCUT2D eigenvalue weighted by Crippen LogP contribution is 2.45. The van der Waals surface area contributed by atoms with E-state index in [0.29, 0.717) is 6.61 Å². The van der Waals surface area contributed by atoms with Crippen molar-refractivity contribution in [2.75, 3.05) is 18.5 Å². The predicted molar refractivity (Wildman–Crippen MR) is 115 cm³/mol. The topological polar surface area (TPSA) is 85.3 Å². The summed E-state index contributed by atoms with van der Waals surface area (Å²) in [5.74, 6) is 2.27. The Morgan fingerprint density at radius 2 is 2.00 bits per heavy atom. The SMILES string of the molecule is Cc1noc(C)c1-c1ccc2nc(NC(C)CO)n3c2c1OC[C@H]3c1ccccc1. The average molecular weight is 404 g/mol. The number of anilines is 1. The predicted octanol–water partition coefficient (Wildman–Crippen LogP) is 4.08. The summed E-state index contributed by atoms with van der Waals surface area (Å²) < 4.78 is 14.0. The molecule has 2 aromatic carbocycles. The Morgan fingerprint density at radius 1 is 1.20 bits per heavy atom. The first kappa shape index (κ1) is 18.7. The molecule has 5 rings (SSSR count). The molecule has 1 aliphatic rings. The van der Waals surface area contributed by atoms with Gasteiger partial charge in [-0.05, 0) is 38.5 Å². The summed E-state index contributed by atoms with van der Waals surface area (Å²) in [6.07, 6.45) is 0. The first-order chi connectivity index (χ1) is 14.6. The summed E-state index contributed by atoms with van der Waals surface area (Å²) in [5, 5.41) is 17.0. The van der Waals surface area contributed by atoms with Gasteiger partial charge in [-0.15, -0.1) is 0 Å². The van der Waals surface area contributed by atoms with E-state index in [2.05, 4.69) is 27.2 Å². The van der Waals surface area contributed by atoms with E-state index in [4.69, 9.17) is 14.2 Å². The molecule has 2 aromatic heterocycles. The van der Waals surface area contributed by atoms with E-state index in [9.17, 15) is 5.11 Å². The lowest BCUT2D eigenvalue weighted by Gasteiger charge is -2.29. The summed E-state index contributed by atoms with van der Waals surface area (Å²) in [6.45, 7) is 6.28. The third kappa shape index (κ3) is 2.85. The maximum atomic E-state index is 9.57. The molecule has 2 atom stereocenters. The highest BCUT2D eigenvalue weighted by Gasteiger charge is 2.31. The van der Waals surface area contributed by atoms with Crippen LogP contribution in [0.4, 0.5) is 5.95 Å². The van der Waals surface area contributed by atoms with Crippen LogP contribution in [-0.2, 0) is 0 Å². The first-order valence-electron chi connectivity index (χ1n) is 10.1. The van der Waals surface area contributed by atoms with Gasteiger partial charge in [-0.3, -0.25) is 4.57 Å². The first-order valence-corrected chi connectivity index (χ1v) is 10.1. The van der Waals surface area contributed by atoms with E-state index in [1.54, 1.807) is 0 Å². The van der Waals surface area contributed by atoms with Crippen LogP contribution in [0, 0.1) is 13.8 Å². The molecular formula is C23H24N4O3. The molecule has 0 radical (unpaired) electrons. The Hall–Kier alpha value is -3.32. The summed E-state index contributed by atoms with van der Waals surface area (Å²) >= 11 is 0. The van der Waals surface area contributed by atoms with Gasteiger partial charge in [0.15, 0.2) is 5.75 Å². The van der Waals surface area contributed by atoms with Crippen molar-refractivity contribution in [2.45, 2.75) is 32.9 Å². The van der Waals surface area contributed by atoms with Crippen LogP contribution in [0.2, 0.25) is 0 Å². The molecule has 7 heteroatoms. The van der Waals surface area contributed by atoms with Gasteiger partial charge in [-0.2, -0.15) is 0 Å². The molecule has 7 nitrogen and oxygen atoms in total. The summed E-state index contributed by atoms with van der Waals surface area (Å²) in [5.41, 5.74) is 5.65. The second-order valence-corrected chi connectivity index (χ2v) is 7.78. The van der Waals surface area contributed by atoms with Crippen molar-refractivity contribution >= 4 is 17.0 Å². The Labute approximate surface area is 174 Å². The van der Waals surface area contributed by atoms with E-state index >= 15 is 0 Å². The quantitative estimate of drug-likeness (QED) is 0.521. The molecule has 1 unspecified atom stereocenters. The number of imidazole rings is 1. The molecule has 4 aromatic rings. The second-order valence-electron chi connectivity index (χ2n) is 7.78. The molecule has 0 spiro atoms. The Bertz CT molecular complexity index is 1190. The molecule has 3 heterocycles. The molecule has 0 bridgehead atoms. The van der Waals surface area contributed by atoms with Crippen LogP contribution < -0.4 is 10.1 Å². The maximum absolute atomic E-state index is 9.57. The van der Waals surface area contributed by atoms with Gasteiger partial charge in [0.25, 0.3) is 0 Å². The Morgan fingerprint density at radius 3 is 2.70 bits per heavy atom. The lowest BCUT2D eigenvalue weighted by molar-refractivity contribution is 0.259. The summed E-state index contributed by atoms with van der Waals surface area (Å²) in [7, 11) is 0. The third-order valence-corrected chi connectivity index (χ3v) is 5.64. The number of nitrogens with one attached hydrogen (secondary N) is 1. The number of hydrogen-bond donors (Lipinski definition) is 2. The zero-order chi connectivity index (χ0) is 20.8. The van der Waals surface area contributed by atoms with Crippen LogP contribution in [0.15, 0.2) is 47.0 Å². The van der Waals surface area contributed by atoms with Crippen LogP contribution in [-0.4, -0.2) is 39.1 Å². The van der Waals surface area contributed by atoms with Crippen LogP contribution in [0.1, 0.15) is 30.0 Å². The smallest absolute Gasteiger partial charge is 0.204 e. The van der Waals surface area contributed by atoms with Crippen molar-refractivity contribution in [3.05, 3.63) is 59.5 Å². The monoisotopic (exact) mass is 404 g/mol. The van der Waals surface area contributed by atoms with Crippen molar-refractivity contribution in [3.63, 3.8) is 0 Å². The fraction of sp³-hybridized carbons (Fsp3) is 0.304. The van der Waals surface area contributed by atoms with Crippen molar-refractivity contribution in [2.24, 2.45) is 0 Å². The maximum Gasteiger partial charge on any atom is 0.204 e. The molecule has 0 saturated heterocycles. The van der Waals surface area contributed by atoms with E-state index < -0.39 is 0 Å².